The Labute approximate surface area is 145 Å². The molecule has 0 saturated carbocycles. The third-order valence-electron chi connectivity index (χ3n) is 4.74. The number of aryl methyl sites for hydroxylation is 1. The van der Waals surface area contributed by atoms with Gasteiger partial charge in [-0.15, -0.1) is 11.3 Å². The van der Waals surface area contributed by atoms with E-state index in [4.69, 9.17) is 0 Å². The number of carbonyl (C=O) groups is 1. The van der Waals surface area contributed by atoms with Gasteiger partial charge < -0.3 is 14.8 Å². The lowest BCUT2D eigenvalue weighted by Crippen LogP contribution is -2.29. The number of anilines is 2. The SMILES string of the molecule is Cn1c(C(=O)Nc2ccc(N3CCCCC3)cc2)cc2sccc21. The van der Waals surface area contributed by atoms with E-state index < -0.39 is 0 Å². The van der Waals surface area contributed by atoms with Crippen LogP contribution >= 0.6 is 11.3 Å². The first-order valence-corrected chi connectivity index (χ1v) is 9.29. The highest BCUT2D eigenvalue weighted by Gasteiger charge is 2.15. The molecule has 1 fully saturated rings. The summed E-state index contributed by atoms with van der Waals surface area (Å²) < 4.78 is 3.09. The first-order valence-electron chi connectivity index (χ1n) is 8.42. The lowest BCUT2D eigenvalue weighted by Gasteiger charge is -2.28. The van der Waals surface area contributed by atoms with Crippen LogP contribution in [-0.4, -0.2) is 23.6 Å². The number of benzene rings is 1. The van der Waals surface area contributed by atoms with Crippen molar-refractivity contribution in [2.45, 2.75) is 19.3 Å². The van der Waals surface area contributed by atoms with Gasteiger partial charge in [-0.05, 0) is 61.0 Å². The zero-order valence-corrected chi connectivity index (χ0v) is 14.6. The fourth-order valence-electron chi connectivity index (χ4n) is 3.37. The molecular formula is C19H21N3OS. The summed E-state index contributed by atoms with van der Waals surface area (Å²) in [6.45, 7) is 2.26. The van der Waals surface area contributed by atoms with Crippen LogP contribution in [0.4, 0.5) is 11.4 Å². The van der Waals surface area contributed by atoms with E-state index in [-0.39, 0.29) is 5.91 Å². The molecular weight excluding hydrogens is 318 g/mol. The Balaban J connectivity index is 1.49. The fraction of sp³-hybridized carbons (Fsp3) is 0.316. The van der Waals surface area contributed by atoms with E-state index in [2.05, 4.69) is 22.3 Å². The van der Waals surface area contributed by atoms with Crippen LogP contribution < -0.4 is 10.2 Å². The van der Waals surface area contributed by atoms with Crippen LogP contribution in [-0.2, 0) is 7.05 Å². The molecule has 1 saturated heterocycles. The van der Waals surface area contributed by atoms with Gasteiger partial charge in [0.2, 0.25) is 0 Å². The average molecular weight is 339 g/mol. The second-order valence-corrected chi connectivity index (χ2v) is 7.26. The smallest absolute Gasteiger partial charge is 0.272 e. The summed E-state index contributed by atoms with van der Waals surface area (Å²) in [5.74, 6) is -0.0633. The Kier molecular flexibility index (Phi) is 4.02. The molecule has 3 heterocycles. The monoisotopic (exact) mass is 339 g/mol. The molecule has 4 nitrogen and oxygen atoms in total. The van der Waals surface area contributed by atoms with Gasteiger partial charge in [-0.3, -0.25) is 4.79 Å². The number of aromatic nitrogens is 1. The van der Waals surface area contributed by atoms with Crippen molar-refractivity contribution in [1.82, 2.24) is 4.57 Å². The van der Waals surface area contributed by atoms with Crippen molar-refractivity contribution in [3.05, 3.63) is 47.5 Å². The summed E-state index contributed by atoms with van der Waals surface area (Å²) in [6.07, 6.45) is 3.87. The first kappa shape index (κ1) is 15.3. The molecule has 2 aromatic heterocycles. The van der Waals surface area contributed by atoms with Crippen LogP contribution in [0.3, 0.4) is 0 Å². The lowest BCUT2D eigenvalue weighted by atomic mass is 10.1. The van der Waals surface area contributed by atoms with Crippen LogP contribution in [0.15, 0.2) is 41.8 Å². The number of nitrogens with one attached hydrogen (secondary N) is 1. The number of hydrogen-bond acceptors (Lipinski definition) is 3. The molecule has 0 unspecified atom stereocenters. The van der Waals surface area contributed by atoms with E-state index in [0.717, 1.165) is 29.0 Å². The molecule has 0 atom stereocenters. The molecule has 0 aliphatic carbocycles. The van der Waals surface area contributed by atoms with E-state index in [9.17, 15) is 4.79 Å². The highest BCUT2D eigenvalue weighted by atomic mass is 32.1. The highest BCUT2D eigenvalue weighted by Crippen LogP contribution is 2.25. The van der Waals surface area contributed by atoms with Gasteiger partial charge in [0.05, 0.1) is 10.2 Å². The van der Waals surface area contributed by atoms with Gasteiger partial charge >= 0.3 is 0 Å². The van der Waals surface area contributed by atoms with Crippen molar-refractivity contribution >= 4 is 38.8 Å². The maximum absolute atomic E-state index is 12.6. The zero-order chi connectivity index (χ0) is 16.5. The van der Waals surface area contributed by atoms with Crippen LogP contribution in [0, 0.1) is 0 Å². The topological polar surface area (TPSA) is 37.3 Å². The summed E-state index contributed by atoms with van der Waals surface area (Å²) in [5, 5.41) is 5.05. The third kappa shape index (κ3) is 2.80. The van der Waals surface area contributed by atoms with Crippen LogP contribution in [0.2, 0.25) is 0 Å². The van der Waals surface area contributed by atoms with Crippen LogP contribution in [0.5, 0.6) is 0 Å². The standard InChI is InChI=1S/C19H21N3OS/c1-21-16-9-12-24-18(16)13-17(21)19(23)20-14-5-7-15(8-6-14)22-10-3-2-4-11-22/h5-9,12-13H,2-4,10-11H2,1H3,(H,20,23). The molecule has 1 N–H and O–H groups in total. The summed E-state index contributed by atoms with van der Waals surface area (Å²) >= 11 is 1.66. The predicted octanol–water partition coefficient (Wildman–Crippen LogP) is 4.48. The molecule has 0 radical (unpaired) electrons. The third-order valence-corrected chi connectivity index (χ3v) is 5.60. The van der Waals surface area contributed by atoms with Crippen molar-refractivity contribution in [3.8, 4) is 0 Å². The van der Waals surface area contributed by atoms with Crippen LogP contribution in [0.1, 0.15) is 29.8 Å². The Hall–Kier alpha value is -2.27. The second kappa shape index (κ2) is 6.32. The summed E-state index contributed by atoms with van der Waals surface area (Å²) in [6, 6.07) is 12.2. The van der Waals surface area contributed by atoms with Crippen LogP contribution in [0.25, 0.3) is 10.2 Å². The van der Waals surface area contributed by atoms with Gasteiger partial charge in [-0.25, -0.2) is 0 Å². The molecule has 4 rings (SSSR count). The van der Waals surface area contributed by atoms with E-state index in [1.54, 1.807) is 11.3 Å². The number of rotatable bonds is 3. The van der Waals surface area contributed by atoms with Gasteiger partial charge in [0.1, 0.15) is 5.69 Å². The number of fused-ring (bicyclic) bond motifs is 1. The van der Waals surface area contributed by atoms with Crippen molar-refractivity contribution in [2.24, 2.45) is 7.05 Å². The van der Waals surface area contributed by atoms with E-state index in [1.807, 2.05) is 41.3 Å². The van der Waals surface area contributed by atoms with Gasteiger partial charge in [0, 0.05) is 31.5 Å². The molecule has 1 aromatic carbocycles. The summed E-state index contributed by atoms with van der Waals surface area (Å²) in [4.78, 5) is 15.0. The number of piperidine rings is 1. The predicted molar refractivity (Wildman–Crippen MR) is 101 cm³/mol. The number of nitrogens with zero attached hydrogens (tertiary/aromatic N) is 2. The van der Waals surface area contributed by atoms with E-state index in [0.29, 0.717) is 5.69 Å². The Morgan fingerprint density at radius 3 is 2.54 bits per heavy atom. The molecule has 24 heavy (non-hydrogen) atoms. The Morgan fingerprint density at radius 1 is 1.08 bits per heavy atom. The molecule has 0 bridgehead atoms. The molecule has 3 aromatic rings. The normalized spacial score (nSPS) is 15.0. The van der Waals surface area contributed by atoms with Crippen molar-refractivity contribution in [3.63, 3.8) is 0 Å². The largest absolute Gasteiger partial charge is 0.372 e. The maximum atomic E-state index is 12.6. The first-order chi connectivity index (χ1) is 11.7. The number of amides is 1. The van der Waals surface area contributed by atoms with E-state index >= 15 is 0 Å². The highest BCUT2D eigenvalue weighted by molar-refractivity contribution is 7.17. The Bertz CT molecular complexity index is 857. The number of hydrogen-bond donors (Lipinski definition) is 1. The number of thiophene rings is 1. The van der Waals surface area contributed by atoms with Crippen molar-refractivity contribution in [2.75, 3.05) is 23.3 Å². The summed E-state index contributed by atoms with van der Waals surface area (Å²) in [5.41, 5.74) is 3.87. The second-order valence-electron chi connectivity index (χ2n) is 6.31. The fourth-order valence-corrected chi connectivity index (χ4v) is 4.22. The van der Waals surface area contributed by atoms with Crippen molar-refractivity contribution < 1.29 is 4.79 Å². The van der Waals surface area contributed by atoms with Gasteiger partial charge in [0.25, 0.3) is 5.91 Å². The molecule has 0 spiro atoms. The molecule has 5 heteroatoms. The van der Waals surface area contributed by atoms with Gasteiger partial charge in [0.15, 0.2) is 0 Å². The zero-order valence-electron chi connectivity index (χ0n) is 13.8. The molecule has 1 amide bonds. The quantitative estimate of drug-likeness (QED) is 0.764. The lowest BCUT2D eigenvalue weighted by molar-refractivity contribution is 0.102. The van der Waals surface area contributed by atoms with Gasteiger partial charge in [-0.1, -0.05) is 0 Å². The minimum atomic E-state index is -0.0633. The Morgan fingerprint density at radius 2 is 1.83 bits per heavy atom. The summed E-state index contributed by atoms with van der Waals surface area (Å²) in [7, 11) is 1.93. The molecule has 1 aliphatic rings. The molecule has 1 aliphatic heterocycles. The van der Waals surface area contributed by atoms with Crippen molar-refractivity contribution in [1.29, 1.82) is 0 Å². The average Bonchev–Trinajstić information content (AvgIpc) is 3.20. The maximum Gasteiger partial charge on any atom is 0.272 e. The van der Waals surface area contributed by atoms with Gasteiger partial charge in [-0.2, -0.15) is 0 Å². The number of carbonyl (C=O) groups excluding carboxylic acids is 1. The van der Waals surface area contributed by atoms with E-state index in [1.165, 1.54) is 24.9 Å². The minimum absolute atomic E-state index is 0.0633. The minimum Gasteiger partial charge on any atom is -0.372 e. The molecule has 124 valence electrons.